The number of anilines is 1. The van der Waals surface area contributed by atoms with Gasteiger partial charge in [0, 0.05) is 37.6 Å². The molecule has 1 saturated heterocycles. The molecule has 1 aliphatic rings. The number of rotatable bonds is 7. The first-order valence-electron chi connectivity index (χ1n) is 9.29. The number of carbonyl (C=O) groups is 1. The molecule has 0 bridgehead atoms. The van der Waals surface area contributed by atoms with E-state index in [9.17, 15) is 4.79 Å². The minimum absolute atomic E-state index is 0.0757. The minimum atomic E-state index is 0.0757. The van der Waals surface area contributed by atoms with Gasteiger partial charge in [0.1, 0.15) is 12.4 Å². The third-order valence-corrected chi connectivity index (χ3v) is 4.77. The van der Waals surface area contributed by atoms with E-state index in [0.717, 1.165) is 25.9 Å². The number of hydrogen-bond acceptors (Lipinski definition) is 5. The van der Waals surface area contributed by atoms with E-state index in [1.165, 1.54) is 5.69 Å². The SMILES string of the molecule is N#Cc1cccc(OCCNC(=O)CC2CCN(c3ccncc3)CC2)c1. The van der Waals surface area contributed by atoms with Crippen LogP contribution >= 0.6 is 0 Å². The van der Waals surface area contributed by atoms with Crippen molar-refractivity contribution in [1.82, 2.24) is 10.3 Å². The van der Waals surface area contributed by atoms with E-state index in [2.05, 4.69) is 21.3 Å². The number of carbonyl (C=O) groups excluding carboxylic acids is 1. The van der Waals surface area contributed by atoms with Crippen LogP contribution in [0.5, 0.6) is 5.75 Å². The second-order valence-electron chi connectivity index (χ2n) is 6.68. The highest BCUT2D eigenvalue weighted by molar-refractivity contribution is 5.76. The van der Waals surface area contributed by atoms with Crippen molar-refractivity contribution >= 4 is 11.6 Å². The Kier molecular flexibility index (Phi) is 6.64. The maximum absolute atomic E-state index is 12.1. The monoisotopic (exact) mass is 364 g/mol. The van der Waals surface area contributed by atoms with Crippen LogP contribution in [0.3, 0.4) is 0 Å². The van der Waals surface area contributed by atoms with Gasteiger partial charge in [0.2, 0.25) is 5.91 Å². The molecule has 1 fully saturated rings. The average molecular weight is 364 g/mol. The normalized spacial score (nSPS) is 14.4. The number of hydrogen-bond donors (Lipinski definition) is 1. The first kappa shape index (κ1) is 18.7. The van der Waals surface area contributed by atoms with Gasteiger partial charge in [-0.1, -0.05) is 6.07 Å². The van der Waals surface area contributed by atoms with E-state index in [-0.39, 0.29) is 5.91 Å². The number of ether oxygens (including phenoxy) is 1. The van der Waals surface area contributed by atoms with Crippen molar-refractivity contribution in [3.8, 4) is 11.8 Å². The van der Waals surface area contributed by atoms with Gasteiger partial charge in [-0.25, -0.2) is 0 Å². The van der Waals surface area contributed by atoms with Crippen molar-refractivity contribution in [2.75, 3.05) is 31.1 Å². The second-order valence-corrected chi connectivity index (χ2v) is 6.68. The van der Waals surface area contributed by atoms with Crippen molar-refractivity contribution in [3.63, 3.8) is 0 Å². The predicted octanol–water partition coefficient (Wildman–Crippen LogP) is 2.75. The van der Waals surface area contributed by atoms with Crippen LogP contribution in [0.4, 0.5) is 5.69 Å². The molecule has 1 aromatic carbocycles. The summed E-state index contributed by atoms with van der Waals surface area (Å²) in [7, 11) is 0. The molecule has 0 spiro atoms. The maximum atomic E-state index is 12.1. The van der Waals surface area contributed by atoms with Crippen molar-refractivity contribution in [2.24, 2.45) is 5.92 Å². The molecule has 2 heterocycles. The number of piperidine rings is 1. The number of nitrogens with zero attached hydrogens (tertiary/aromatic N) is 3. The molecule has 1 amide bonds. The smallest absolute Gasteiger partial charge is 0.220 e. The van der Waals surface area contributed by atoms with E-state index < -0.39 is 0 Å². The standard InChI is InChI=1S/C21H24N4O2/c22-16-18-2-1-3-20(14-18)27-13-10-24-21(26)15-17-6-11-25(12-7-17)19-4-8-23-9-5-19/h1-5,8-9,14,17H,6-7,10-13,15H2,(H,24,26). The molecule has 2 aromatic rings. The zero-order valence-corrected chi connectivity index (χ0v) is 15.3. The summed E-state index contributed by atoms with van der Waals surface area (Å²) in [6, 6.07) is 13.1. The quantitative estimate of drug-likeness (QED) is 0.765. The largest absolute Gasteiger partial charge is 0.492 e. The Balaban J connectivity index is 1.32. The van der Waals surface area contributed by atoms with Gasteiger partial charge in [0.15, 0.2) is 0 Å². The van der Waals surface area contributed by atoms with Crippen molar-refractivity contribution < 1.29 is 9.53 Å². The van der Waals surface area contributed by atoms with Crippen molar-refractivity contribution in [1.29, 1.82) is 5.26 Å². The highest BCUT2D eigenvalue weighted by atomic mass is 16.5. The topological polar surface area (TPSA) is 78.2 Å². The lowest BCUT2D eigenvalue weighted by Gasteiger charge is -2.33. The average Bonchev–Trinajstić information content (AvgIpc) is 2.72. The van der Waals surface area contributed by atoms with Gasteiger partial charge in [0.05, 0.1) is 18.2 Å². The first-order valence-corrected chi connectivity index (χ1v) is 9.29. The lowest BCUT2D eigenvalue weighted by atomic mass is 9.93. The van der Waals surface area contributed by atoms with Crippen LogP contribution in [0.15, 0.2) is 48.8 Å². The molecular weight excluding hydrogens is 340 g/mol. The molecule has 27 heavy (non-hydrogen) atoms. The fourth-order valence-electron chi connectivity index (χ4n) is 3.30. The van der Waals surface area contributed by atoms with E-state index >= 15 is 0 Å². The Morgan fingerprint density at radius 2 is 2.04 bits per heavy atom. The molecule has 0 atom stereocenters. The Morgan fingerprint density at radius 3 is 2.78 bits per heavy atom. The van der Waals surface area contributed by atoms with Crippen molar-refractivity contribution in [3.05, 3.63) is 54.4 Å². The van der Waals surface area contributed by atoms with Gasteiger partial charge >= 0.3 is 0 Å². The Labute approximate surface area is 159 Å². The summed E-state index contributed by atoms with van der Waals surface area (Å²) in [4.78, 5) is 18.5. The molecule has 1 aliphatic heterocycles. The van der Waals surface area contributed by atoms with Crippen LogP contribution in [0.1, 0.15) is 24.8 Å². The molecule has 1 N–H and O–H groups in total. The number of nitrogens with one attached hydrogen (secondary N) is 1. The minimum Gasteiger partial charge on any atom is -0.492 e. The lowest BCUT2D eigenvalue weighted by Crippen LogP contribution is -2.36. The Bertz CT molecular complexity index is 780. The van der Waals surface area contributed by atoms with Crippen molar-refractivity contribution in [2.45, 2.75) is 19.3 Å². The third-order valence-electron chi connectivity index (χ3n) is 4.77. The highest BCUT2D eigenvalue weighted by Gasteiger charge is 2.21. The zero-order valence-electron chi connectivity index (χ0n) is 15.3. The summed E-state index contributed by atoms with van der Waals surface area (Å²) in [6.07, 6.45) is 6.23. The summed E-state index contributed by atoms with van der Waals surface area (Å²) in [5.74, 6) is 1.15. The summed E-state index contributed by atoms with van der Waals surface area (Å²) < 4.78 is 5.57. The number of pyridine rings is 1. The molecule has 3 rings (SSSR count). The number of amides is 1. The molecule has 0 unspecified atom stereocenters. The number of benzene rings is 1. The van der Waals surface area contributed by atoms with Crippen LogP contribution in [-0.2, 0) is 4.79 Å². The fraction of sp³-hybridized carbons (Fsp3) is 0.381. The van der Waals surface area contributed by atoms with Crippen LogP contribution in [-0.4, -0.2) is 37.1 Å². The van der Waals surface area contributed by atoms with Gasteiger partial charge in [-0.05, 0) is 49.1 Å². The molecular formula is C21H24N4O2. The van der Waals surface area contributed by atoms with Gasteiger partial charge in [-0.2, -0.15) is 5.26 Å². The van der Waals surface area contributed by atoms with Gasteiger partial charge in [-0.3, -0.25) is 9.78 Å². The first-order chi connectivity index (χ1) is 13.2. The number of nitriles is 1. The molecule has 6 nitrogen and oxygen atoms in total. The van der Waals surface area contributed by atoms with Crippen LogP contribution in [0, 0.1) is 17.2 Å². The molecule has 0 radical (unpaired) electrons. The second kappa shape index (κ2) is 9.58. The Hall–Kier alpha value is -3.07. The fourth-order valence-corrected chi connectivity index (χ4v) is 3.30. The van der Waals surface area contributed by atoms with E-state index in [0.29, 0.717) is 36.8 Å². The van der Waals surface area contributed by atoms with Gasteiger partial charge in [-0.15, -0.1) is 0 Å². The van der Waals surface area contributed by atoms with Gasteiger partial charge < -0.3 is 15.0 Å². The summed E-state index contributed by atoms with van der Waals surface area (Å²) in [6.45, 7) is 2.80. The molecule has 1 aromatic heterocycles. The van der Waals surface area contributed by atoms with E-state index in [1.54, 1.807) is 24.3 Å². The maximum Gasteiger partial charge on any atom is 0.220 e. The summed E-state index contributed by atoms with van der Waals surface area (Å²) in [5.41, 5.74) is 1.76. The summed E-state index contributed by atoms with van der Waals surface area (Å²) in [5, 5.41) is 11.8. The number of aromatic nitrogens is 1. The zero-order chi connectivity index (χ0) is 18.9. The van der Waals surface area contributed by atoms with Gasteiger partial charge in [0.25, 0.3) is 0 Å². The third kappa shape index (κ3) is 5.71. The molecule has 0 saturated carbocycles. The Morgan fingerprint density at radius 1 is 1.26 bits per heavy atom. The molecule has 6 heteroatoms. The molecule has 140 valence electrons. The van der Waals surface area contributed by atoms with Crippen LogP contribution < -0.4 is 15.0 Å². The van der Waals surface area contributed by atoms with Crippen LogP contribution in [0.2, 0.25) is 0 Å². The molecule has 0 aliphatic carbocycles. The predicted molar refractivity (Wildman–Crippen MR) is 103 cm³/mol. The highest BCUT2D eigenvalue weighted by Crippen LogP contribution is 2.24. The van der Waals surface area contributed by atoms with E-state index in [1.807, 2.05) is 24.5 Å². The van der Waals surface area contributed by atoms with Crippen LogP contribution in [0.25, 0.3) is 0 Å². The lowest BCUT2D eigenvalue weighted by molar-refractivity contribution is -0.122. The van der Waals surface area contributed by atoms with E-state index in [4.69, 9.17) is 10.00 Å². The summed E-state index contributed by atoms with van der Waals surface area (Å²) >= 11 is 0.